The molecule has 0 unspecified atom stereocenters. The van der Waals surface area contributed by atoms with Crippen molar-refractivity contribution in [3.05, 3.63) is 45.6 Å². The predicted molar refractivity (Wildman–Crippen MR) is 84.7 cm³/mol. The van der Waals surface area contributed by atoms with E-state index in [0.29, 0.717) is 33.6 Å². The molecule has 0 N–H and O–H groups in total. The van der Waals surface area contributed by atoms with Gasteiger partial charge < -0.3 is 4.74 Å². The fourth-order valence-electron chi connectivity index (χ4n) is 2.13. The van der Waals surface area contributed by atoms with Gasteiger partial charge in [0, 0.05) is 0 Å². The van der Waals surface area contributed by atoms with E-state index in [2.05, 4.69) is 0 Å². The Morgan fingerprint density at radius 1 is 1.17 bits per heavy atom. The third-order valence-electron chi connectivity index (χ3n) is 3.07. The maximum atomic E-state index is 12.8. The van der Waals surface area contributed by atoms with Gasteiger partial charge in [-0.15, -0.1) is 11.3 Å². The molecule has 0 fully saturated rings. The Hall–Kier alpha value is -1.82. The van der Waals surface area contributed by atoms with Gasteiger partial charge in [-0.2, -0.15) is 13.2 Å². The van der Waals surface area contributed by atoms with Gasteiger partial charge in [0.2, 0.25) is 0 Å². The van der Waals surface area contributed by atoms with Crippen LogP contribution in [0.4, 0.5) is 13.2 Å². The molecule has 2 aromatic rings. The SMILES string of the molecule is Cc1cccc(-c2csc(C(F)(F)F)c2)c1C(=O)OC(C)(C)C. The van der Waals surface area contributed by atoms with Crippen LogP contribution in [0.5, 0.6) is 0 Å². The number of alkyl halides is 3. The Kier molecular flexibility index (Phi) is 4.57. The fourth-order valence-corrected chi connectivity index (χ4v) is 2.91. The van der Waals surface area contributed by atoms with E-state index in [1.54, 1.807) is 45.9 Å². The van der Waals surface area contributed by atoms with Crippen LogP contribution in [0.15, 0.2) is 29.6 Å². The van der Waals surface area contributed by atoms with Crippen LogP contribution in [-0.4, -0.2) is 11.6 Å². The molecular weight excluding hydrogens is 325 g/mol. The third-order valence-corrected chi connectivity index (χ3v) is 4.04. The average molecular weight is 342 g/mol. The van der Waals surface area contributed by atoms with Crippen LogP contribution in [0.3, 0.4) is 0 Å². The number of hydrogen-bond acceptors (Lipinski definition) is 3. The van der Waals surface area contributed by atoms with E-state index >= 15 is 0 Å². The molecule has 0 aliphatic carbocycles. The van der Waals surface area contributed by atoms with Gasteiger partial charge >= 0.3 is 12.1 Å². The lowest BCUT2D eigenvalue weighted by molar-refractivity contribution is -0.134. The fraction of sp³-hybridized carbons (Fsp3) is 0.353. The molecule has 0 aliphatic rings. The van der Waals surface area contributed by atoms with E-state index < -0.39 is 22.6 Å². The number of esters is 1. The average Bonchev–Trinajstić information content (AvgIpc) is 2.85. The van der Waals surface area contributed by atoms with Crippen molar-refractivity contribution in [3.63, 3.8) is 0 Å². The van der Waals surface area contributed by atoms with Gasteiger partial charge in [-0.3, -0.25) is 0 Å². The standard InChI is InChI=1S/C17H17F3O2S/c1-10-6-5-7-12(14(10)15(21)22-16(2,3)4)11-8-13(23-9-11)17(18,19)20/h5-9H,1-4H3. The van der Waals surface area contributed by atoms with Gasteiger partial charge in [0.15, 0.2) is 0 Å². The second kappa shape index (κ2) is 6.00. The minimum Gasteiger partial charge on any atom is -0.456 e. The topological polar surface area (TPSA) is 26.3 Å². The van der Waals surface area contributed by atoms with Crippen molar-refractivity contribution < 1.29 is 22.7 Å². The van der Waals surface area contributed by atoms with Crippen LogP contribution in [0, 0.1) is 6.92 Å². The zero-order valence-corrected chi connectivity index (χ0v) is 14.1. The highest BCUT2D eigenvalue weighted by molar-refractivity contribution is 7.10. The van der Waals surface area contributed by atoms with Crippen LogP contribution in [-0.2, 0) is 10.9 Å². The first-order valence-corrected chi connectivity index (χ1v) is 7.86. The maximum absolute atomic E-state index is 12.8. The highest BCUT2D eigenvalue weighted by Gasteiger charge is 2.33. The molecule has 2 rings (SSSR count). The molecule has 0 spiro atoms. The molecule has 0 saturated carbocycles. The van der Waals surface area contributed by atoms with Crippen LogP contribution in [0.1, 0.15) is 41.6 Å². The molecule has 124 valence electrons. The first-order chi connectivity index (χ1) is 10.5. The minimum absolute atomic E-state index is 0.300. The Balaban J connectivity index is 2.50. The molecule has 1 aromatic heterocycles. The van der Waals surface area contributed by atoms with E-state index in [1.165, 1.54) is 5.38 Å². The molecule has 6 heteroatoms. The number of carbonyl (C=O) groups excluding carboxylic acids is 1. The molecule has 0 radical (unpaired) electrons. The van der Waals surface area contributed by atoms with Crippen molar-refractivity contribution in [2.75, 3.05) is 0 Å². The monoisotopic (exact) mass is 342 g/mol. The smallest absolute Gasteiger partial charge is 0.425 e. The summed E-state index contributed by atoms with van der Waals surface area (Å²) in [6.07, 6.45) is -4.39. The summed E-state index contributed by atoms with van der Waals surface area (Å²) in [5.41, 5.74) is 1.10. The summed E-state index contributed by atoms with van der Waals surface area (Å²) in [4.78, 5) is 11.7. The number of ether oxygens (including phenoxy) is 1. The summed E-state index contributed by atoms with van der Waals surface area (Å²) in [6, 6.07) is 6.14. The molecule has 0 saturated heterocycles. The first kappa shape index (κ1) is 17.5. The van der Waals surface area contributed by atoms with Gasteiger partial charge in [-0.1, -0.05) is 18.2 Å². The highest BCUT2D eigenvalue weighted by Crippen LogP contribution is 2.38. The summed E-state index contributed by atoms with van der Waals surface area (Å²) in [7, 11) is 0. The number of aryl methyl sites for hydroxylation is 1. The number of carbonyl (C=O) groups is 1. The quantitative estimate of drug-likeness (QED) is 0.655. The molecule has 0 aliphatic heterocycles. The maximum Gasteiger partial charge on any atom is 0.425 e. The molecule has 0 atom stereocenters. The minimum atomic E-state index is -4.39. The van der Waals surface area contributed by atoms with E-state index in [1.807, 2.05) is 0 Å². The summed E-state index contributed by atoms with van der Waals surface area (Å²) < 4.78 is 43.8. The van der Waals surface area contributed by atoms with Crippen LogP contribution in [0.2, 0.25) is 0 Å². The Morgan fingerprint density at radius 3 is 2.35 bits per heavy atom. The number of hydrogen-bond donors (Lipinski definition) is 0. The number of halogens is 3. The van der Waals surface area contributed by atoms with E-state index in [9.17, 15) is 18.0 Å². The Morgan fingerprint density at radius 2 is 1.83 bits per heavy atom. The Bertz CT molecular complexity index is 724. The van der Waals surface area contributed by atoms with Crippen molar-refractivity contribution in [1.82, 2.24) is 0 Å². The van der Waals surface area contributed by atoms with Crippen molar-refractivity contribution in [2.24, 2.45) is 0 Å². The molecule has 0 bridgehead atoms. The predicted octanol–water partition coefficient (Wildman–Crippen LogP) is 5.70. The van der Waals surface area contributed by atoms with Crippen molar-refractivity contribution in [3.8, 4) is 11.1 Å². The van der Waals surface area contributed by atoms with Gasteiger partial charge in [0.05, 0.1) is 5.56 Å². The molecule has 0 amide bonds. The van der Waals surface area contributed by atoms with Gasteiger partial charge in [-0.25, -0.2) is 4.79 Å². The summed E-state index contributed by atoms with van der Waals surface area (Å²) in [5, 5.41) is 1.41. The third kappa shape index (κ3) is 4.13. The first-order valence-electron chi connectivity index (χ1n) is 6.98. The normalized spacial score (nSPS) is 12.3. The molecular formula is C17H17F3O2S. The van der Waals surface area contributed by atoms with Crippen LogP contribution < -0.4 is 0 Å². The lowest BCUT2D eigenvalue weighted by atomic mass is 9.97. The van der Waals surface area contributed by atoms with Crippen molar-refractivity contribution in [2.45, 2.75) is 39.5 Å². The molecule has 1 heterocycles. The largest absolute Gasteiger partial charge is 0.456 e. The zero-order valence-electron chi connectivity index (χ0n) is 13.2. The second-order valence-corrected chi connectivity index (χ2v) is 7.11. The summed E-state index contributed by atoms with van der Waals surface area (Å²) >= 11 is 0.614. The van der Waals surface area contributed by atoms with Crippen molar-refractivity contribution >= 4 is 17.3 Å². The number of benzene rings is 1. The van der Waals surface area contributed by atoms with Gasteiger partial charge in [0.25, 0.3) is 0 Å². The lowest BCUT2D eigenvalue weighted by Gasteiger charge is -2.21. The van der Waals surface area contributed by atoms with E-state index in [-0.39, 0.29) is 0 Å². The molecule has 1 aromatic carbocycles. The van der Waals surface area contributed by atoms with Crippen molar-refractivity contribution in [1.29, 1.82) is 0 Å². The number of rotatable bonds is 2. The molecule has 2 nitrogen and oxygen atoms in total. The second-order valence-electron chi connectivity index (χ2n) is 6.20. The summed E-state index contributed by atoms with van der Waals surface area (Å²) in [6.45, 7) is 6.97. The number of thiophene rings is 1. The van der Waals surface area contributed by atoms with Gasteiger partial charge in [-0.05, 0) is 55.8 Å². The highest BCUT2D eigenvalue weighted by atomic mass is 32.1. The Labute approximate surface area is 136 Å². The zero-order chi connectivity index (χ0) is 17.4. The van der Waals surface area contributed by atoms with E-state index in [0.717, 1.165) is 6.07 Å². The lowest BCUT2D eigenvalue weighted by Crippen LogP contribution is -2.24. The summed E-state index contributed by atoms with van der Waals surface area (Å²) in [5.74, 6) is -0.537. The van der Waals surface area contributed by atoms with E-state index in [4.69, 9.17) is 4.74 Å². The van der Waals surface area contributed by atoms with Gasteiger partial charge in [0.1, 0.15) is 10.5 Å². The van der Waals surface area contributed by atoms with Crippen LogP contribution in [0.25, 0.3) is 11.1 Å². The van der Waals surface area contributed by atoms with Crippen LogP contribution >= 0.6 is 11.3 Å². The molecule has 23 heavy (non-hydrogen) atoms.